The average Bonchev–Trinajstić information content (AvgIpc) is 4.02. The molecule has 13 rings (SSSR count). The molecular weight excluding hydrogens is 885 g/mol. The average molecular weight is 929 g/mol. The van der Waals surface area contributed by atoms with Crippen molar-refractivity contribution in [2.24, 2.45) is 0 Å². The van der Waals surface area contributed by atoms with Crippen molar-refractivity contribution < 1.29 is 0 Å². The van der Waals surface area contributed by atoms with Crippen molar-refractivity contribution in [3.8, 4) is 44.5 Å². The van der Waals surface area contributed by atoms with Gasteiger partial charge in [-0.05, 0) is 105 Å². The lowest BCUT2D eigenvalue weighted by Crippen LogP contribution is -2.18. The van der Waals surface area contributed by atoms with E-state index >= 15 is 0 Å². The van der Waals surface area contributed by atoms with Gasteiger partial charge in [0.1, 0.15) is 0 Å². The molecule has 0 amide bonds. The van der Waals surface area contributed by atoms with Crippen LogP contribution in [0.4, 0.5) is 34.1 Å². The van der Waals surface area contributed by atoms with Gasteiger partial charge in [0, 0.05) is 42.3 Å². The second-order valence-corrected chi connectivity index (χ2v) is 19.7. The van der Waals surface area contributed by atoms with Gasteiger partial charge in [0.25, 0.3) is 0 Å². The molecule has 11 aromatic carbocycles. The SMILES string of the molecule is c1ccc(-c2ccc(N(c3cc(-c4ccccc4)c(-c4ccccc4)cc3N(c3ccc(-c4ccccc4)cc3)c3cccc4c3sc3ccccc34)c3cccc4c3sc3ccccc34)cc2)cc1. The summed E-state index contributed by atoms with van der Waals surface area (Å²) >= 11 is 3.73. The fourth-order valence-corrected chi connectivity index (χ4v) is 12.6. The highest BCUT2D eigenvalue weighted by Crippen LogP contribution is 2.54. The first-order valence-corrected chi connectivity index (χ1v) is 25.4. The van der Waals surface area contributed by atoms with E-state index in [0.29, 0.717) is 0 Å². The molecule has 4 heteroatoms. The van der Waals surface area contributed by atoms with Gasteiger partial charge in [-0.1, -0.05) is 206 Å². The minimum Gasteiger partial charge on any atom is -0.307 e. The van der Waals surface area contributed by atoms with E-state index < -0.39 is 0 Å². The summed E-state index contributed by atoms with van der Waals surface area (Å²) in [4.78, 5) is 5.05. The molecule has 0 aliphatic heterocycles. The van der Waals surface area contributed by atoms with Gasteiger partial charge < -0.3 is 9.80 Å². The summed E-state index contributed by atoms with van der Waals surface area (Å²) in [6, 6.07) is 97.7. The van der Waals surface area contributed by atoms with Crippen molar-refractivity contribution in [1.82, 2.24) is 0 Å². The Morgan fingerprint density at radius 1 is 0.229 bits per heavy atom. The van der Waals surface area contributed by atoms with Gasteiger partial charge in [-0.25, -0.2) is 0 Å². The smallest absolute Gasteiger partial charge is 0.0709 e. The molecule has 0 atom stereocenters. The first-order valence-electron chi connectivity index (χ1n) is 23.7. The van der Waals surface area contributed by atoms with Gasteiger partial charge in [-0.15, -0.1) is 22.7 Å². The monoisotopic (exact) mass is 928 g/mol. The molecule has 2 aromatic heterocycles. The lowest BCUT2D eigenvalue weighted by atomic mass is 9.92. The van der Waals surface area contributed by atoms with E-state index in [1.165, 1.54) is 62.6 Å². The Labute approximate surface area is 415 Å². The standard InChI is InChI=1S/C66H44N2S2/c1-5-19-45(20-6-1)47-35-39-51(40-36-47)67(59-31-17-29-55-53-27-13-15-33-63(53)69-65(55)59)61-43-57(49-23-9-3-10-24-49)58(50-25-11-4-12-26-50)44-62(61)68(52-41-37-48(38-42-52)46-21-7-2-8-22-46)60-32-18-30-56-54-28-14-16-34-64(54)70-66(56)60/h1-44H. The number of thiophene rings is 2. The molecule has 0 unspecified atom stereocenters. The molecule has 0 fully saturated rings. The largest absolute Gasteiger partial charge is 0.307 e. The third-order valence-corrected chi connectivity index (χ3v) is 15.9. The summed E-state index contributed by atoms with van der Waals surface area (Å²) in [6.45, 7) is 0. The minimum absolute atomic E-state index is 1.06. The van der Waals surface area contributed by atoms with E-state index in [1.807, 2.05) is 22.7 Å². The number of hydrogen-bond donors (Lipinski definition) is 0. The number of rotatable bonds is 10. The summed E-state index contributed by atoms with van der Waals surface area (Å²) in [7, 11) is 0. The summed E-state index contributed by atoms with van der Waals surface area (Å²) in [5.41, 5.74) is 15.8. The van der Waals surface area contributed by atoms with E-state index in [2.05, 4.69) is 277 Å². The van der Waals surface area contributed by atoms with Gasteiger partial charge in [0.2, 0.25) is 0 Å². The molecule has 2 heterocycles. The number of hydrogen-bond acceptors (Lipinski definition) is 4. The summed E-state index contributed by atoms with van der Waals surface area (Å²) in [5, 5.41) is 5.03. The van der Waals surface area contributed by atoms with Gasteiger partial charge in [-0.2, -0.15) is 0 Å². The highest BCUT2D eigenvalue weighted by atomic mass is 32.1. The Kier molecular flexibility index (Phi) is 10.6. The molecule has 0 N–H and O–H groups in total. The molecule has 0 radical (unpaired) electrons. The van der Waals surface area contributed by atoms with Crippen LogP contribution in [0.25, 0.3) is 84.9 Å². The lowest BCUT2D eigenvalue weighted by molar-refractivity contribution is 1.24. The Morgan fingerprint density at radius 3 is 0.929 bits per heavy atom. The van der Waals surface area contributed by atoms with Crippen LogP contribution in [0.15, 0.2) is 267 Å². The highest BCUT2D eigenvalue weighted by Gasteiger charge is 2.28. The zero-order chi connectivity index (χ0) is 46.4. The van der Waals surface area contributed by atoms with E-state index in [0.717, 1.165) is 56.4 Å². The van der Waals surface area contributed by atoms with Crippen molar-refractivity contribution in [1.29, 1.82) is 0 Å². The Balaban J connectivity index is 1.16. The molecule has 70 heavy (non-hydrogen) atoms. The molecule has 0 aliphatic carbocycles. The normalized spacial score (nSPS) is 11.4. The second-order valence-electron chi connectivity index (χ2n) is 17.6. The van der Waals surface area contributed by atoms with Crippen LogP contribution in [0.3, 0.4) is 0 Å². The molecule has 0 bridgehead atoms. The maximum absolute atomic E-state index is 2.53. The second kappa shape index (κ2) is 17.8. The van der Waals surface area contributed by atoms with Crippen LogP contribution in [-0.4, -0.2) is 0 Å². The van der Waals surface area contributed by atoms with Crippen molar-refractivity contribution >= 4 is 97.1 Å². The van der Waals surface area contributed by atoms with Crippen LogP contribution < -0.4 is 9.80 Å². The van der Waals surface area contributed by atoms with Crippen molar-refractivity contribution in [2.75, 3.05) is 9.80 Å². The van der Waals surface area contributed by atoms with Crippen molar-refractivity contribution in [3.05, 3.63) is 267 Å². The number of anilines is 6. The molecule has 0 aliphatic rings. The zero-order valence-corrected chi connectivity index (χ0v) is 39.7. The van der Waals surface area contributed by atoms with Crippen LogP contribution in [0.5, 0.6) is 0 Å². The van der Waals surface area contributed by atoms with Gasteiger partial charge >= 0.3 is 0 Å². The van der Waals surface area contributed by atoms with Gasteiger partial charge in [-0.3, -0.25) is 0 Å². The minimum atomic E-state index is 1.06. The predicted molar refractivity (Wildman–Crippen MR) is 303 cm³/mol. The molecule has 330 valence electrons. The van der Waals surface area contributed by atoms with Crippen LogP contribution in [-0.2, 0) is 0 Å². The van der Waals surface area contributed by atoms with Crippen LogP contribution >= 0.6 is 22.7 Å². The summed E-state index contributed by atoms with van der Waals surface area (Å²) < 4.78 is 5.01. The summed E-state index contributed by atoms with van der Waals surface area (Å²) in [6.07, 6.45) is 0. The third-order valence-electron chi connectivity index (χ3n) is 13.5. The van der Waals surface area contributed by atoms with Crippen LogP contribution in [0, 0.1) is 0 Å². The quantitative estimate of drug-likeness (QED) is 0.135. The van der Waals surface area contributed by atoms with E-state index in [1.54, 1.807) is 0 Å². The molecule has 0 spiro atoms. The summed E-state index contributed by atoms with van der Waals surface area (Å²) in [5.74, 6) is 0. The van der Waals surface area contributed by atoms with Crippen LogP contribution in [0.2, 0.25) is 0 Å². The fourth-order valence-electron chi connectivity index (χ4n) is 10.1. The van der Waals surface area contributed by atoms with Gasteiger partial charge in [0.15, 0.2) is 0 Å². The van der Waals surface area contributed by atoms with E-state index in [9.17, 15) is 0 Å². The molecule has 0 saturated heterocycles. The topological polar surface area (TPSA) is 6.48 Å². The lowest BCUT2D eigenvalue weighted by Gasteiger charge is -2.35. The van der Waals surface area contributed by atoms with Gasteiger partial charge in [0.05, 0.1) is 32.1 Å². The van der Waals surface area contributed by atoms with E-state index in [4.69, 9.17) is 0 Å². The maximum atomic E-state index is 2.53. The number of fused-ring (bicyclic) bond motifs is 6. The molecule has 0 saturated carbocycles. The fraction of sp³-hybridized carbons (Fsp3) is 0. The van der Waals surface area contributed by atoms with Crippen molar-refractivity contribution in [3.63, 3.8) is 0 Å². The Bertz CT molecular complexity index is 3710. The van der Waals surface area contributed by atoms with Crippen molar-refractivity contribution in [2.45, 2.75) is 0 Å². The van der Waals surface area contributed by atoms with E-state index in [-0.39, 0.29) is 0 Å². The number of benzene rings is 11. The Morgan fingerprint density at radius 2 is 0.543 bits per heavy atom. The molecule has 2 nitrogen and oxygen atoms in total. The first kappa shape index (κ1) is 41.6. The predicted octanol–water partition coefficient (Wildman–Crippen LogP) is 20.0. The Hall–Kier alpha value is -8.54. The van der Waals surface area contributed by atoms with Crippen LogP contribution in [0.1, 0.15) is 0 Å². The highest BCUT2D eigenvalue weighted by molar-refractivity contribution is 7.26. The number of nitrogens with zero attached hydrogens (tertiary/aromatic N) is 2. The third kappa shape index (κ3) is 7.42. The first-order chi connectivity index (χ1) is 34.7. The maximum Gasteiger partial charge on any atom is 0.0709 e. The zero-order valence-electron chi connectivity index (χ0n) is 38.1. The molecule has 13 aromatic rings. The molecular formula is C66H44N2S2.